The normalized spacial score (nSPS) is 20.7. The molecule has 1 saturated carbocycles. The molecule has 0 spiro atoms. The van der Waals surface area contributed by atoms with E-state index in [-0.39, 0.29) is 5.75 Å². The van der Waals surface area contributed by atoms with Crippen LogP contribution in [-0.2, 0) is 6.42 Å². The van der Waals surface area contributed by atoms with E-state index in [1.54, 1.807) is 12.1 Å². The van der Waals surface area contributed by atoms with Crippen LogP contribution in [0.15, 0.2) is 48.5 Å². The highest BCUT2D eigenvalue weighted by molar-refractivity contribution is 5.64. The minimum Gasteiger partial charge on any atom is -0.406 e. The summed E-state index contributed by atoms with van der Waals surface area (Å²) in [7, 11) is 0. The average molecular weight is 419 g/mol. The molecule has 0 radical (unpaired) electrons. The number of hydrogen-bond donors (Lipinski definition) is 0. The summed E-state index contributed by atoms with van der Waals surface area (Å²) in [6.45, 7) is 4.65. The van der Waals surface area contributed by atoms with E-state index in [4.69, 9.17) is 0 Å². The molecule has 2 aromatic rings. The maximum Gasteiger partial charge on any atom is 0.573 e. The Hall–Kier alpha value is -1.97. The lowest BCUT2D eigenvalue weighted by Crippen LogP contribution is -2.21. The number of hydrogen-bond acceptors (Lipinski definition) is 1. The second-order valence-corrected chi connectivity index (χ2v) is 8.87. The lowest BCUT2D eigenvalue weighted by Gasteiger charge is -2.32. The lowest BCUT2D eigenvalue weighted by molar-refractivity contribution is -0.274. The number of unbranched alkanes of at least 4 members (excludes halogenated alkanes) is 1. The average Bonchev–Trinajstić information content (AvgIpc) is 2.72. The molecular formula is C26H33F3O. The number of halogens is 3. The molecule has 0 aliphatic heterocycles. The first kappa shape index (κ1) is 22.7. The molecule has 0 N–H and O–H groups in total. The van der Waals surface area contributed by atoms with Gasteiger partial charge in [-0.3, -0.25) is 0 Å². The molecule has 1 aliphatic carbocycles. The molecule has 30 heavy (non-hydrogen) atoms. The molecule has 2 aromatic carbocycles. The molecule has 1 nitrogen and oxygen atoms in total. The number of benzene rings is 2. The molecule has 0 saturated heterocycles. The fourth-order valence-electron chi connectivity index (χ4n) is 4.76. The zero-order valence-corrected chi connectivity index (χ0v) is 18.0. The maximum absolute atomic E-state index is 12.3. The Morgan fingerprint density at radius 3 is 2.00 bits per heavy atom. The Bertz CT molecular complexity index is 756. The van der Waals surface area contributed by atoms with Gasteiger partial charge in [0.1, 0.15) is 5.75 Å². The molecular weight excluding hydrogens is 385 g/mol. The van der Waals surface area contributed by atoms with Crippen LogP contribution in [0.1, 0.15) is 64.4 Å². The van der Waals surface area contributed by atoms with Crippen molar-refractivity contribution in [2.75, 3.05) is 0 Å². The van der Waals surface area contributed by atoms with E-state index < -0.39 is 6.36 Å². The van der Waals surface area contributed by atoms with Gasteiger partial charge in [0.25, 0.3) is 0 Å². The molecule has 0 aromatic heterocycles. The SMILES string of the molecule is CCCCC1CCC(C(C)Cc2ccc(-c3ccc(OC(F)(F)F)cc3)cc2)CC1. The van der Waals surface area contributed by atoms with Gasteiger partial charge in [-0.25, -0.2) is 0 Å². The Labute approximate surface area is 178 Å². The topological polar surface area (TPSA) is 9.23 Å². The van der Waals surface area contributed by atoms with E-state index in [2.05, 4.69) is 42.8 Å². The van der Waals surface area contributed by atoms with Crippen LogP contribution >= 0.6 is 0 Å². The highest BCUT2D eigenvalue weighted by Gasteiger charge is 2.31. The quantitative estimate of drug-likeness (QED) is 0.418. The van der Waals surface area contributed by atoms with Gasteiger partial charge in [-0.15, -0.1) is 13.2 Å². The molecule has 1 aliphatic rings. The summed E-state index contributed by atoms with van der Waals surface area (Å²) < 4.78 is 40.8. The Kier molecular flexibility index (Phi) is 7.85. The van der Waals surface area contributed by atoms with E-state index in [1.807, 2.05) is 0 Å². The molecule has 4 heteroatoms. The van der Waals surface area contributed by atoms with Crippen molar-refractivity contribution in [3.05, 3.63) is 54.1 Å². The van der Waals surface area contributed by atoms with Gasteiger partial charge < -0.3 is 4.74 Å². The van der Waals surface area contributed by atoms with Gasteiger partial charge in [0.15, 0.2) is 0 Å². The standard InChI is InChI=1S/C26H33F3O/c1-3-4-5-20-6-10-22(11-7-20)19(2)18-21-8-12-23(13-9-21)24-14-16-25(17-15-24)30-26(27,28)29/h8-9,12-17,19-20,22H,3-7,10-11,18H2,1-2H3. The first-order valence-corrected chi connectivity index (χ1v) is 11.3. The van der Waals surface area contributed by atoms with Crippen molar-refractivity contribution in [1.82, 2.24) is 0 Å². The Balaban J connectivity index is 1.52. The van der Waals surface area contributed by atoms with Gasteiger partial charge >= 0.3 is 6.36 Å². The molecule has 0 heterocycles. The molecule has 1 unspecified atom stereocenters. The van der Waals surface area contributed by atoms with Crippen molar-refractivity contribution >= 4 is 0 Å². The molecule has 3 rings (SSSR count). The van der Waals surface area contributed by atoms with Crippen LogP contribution in [0.25, 0.3) is 11.1 Å². The van der Waals surface area contributed by atoms with Crippen molar-refractivity contribution in [3.8, 4) is 16.9 Å². The Morgan fingerprint density at radius 1 is 0.900 bits per heavy atom. The summed E-state index contributed by atoms with van der Waals surface area (Å²) in [4.78, 5) is 0. The van der Waals surface area contributed by atoms with E-state index >= 15 is 0 Å². The van der Waals surface area contributed by atoms with Gasteiger partial charge in [0.2, 0.25) is 0 Å². The van der Waals surface area contributed by atoms with Crippen molar-refractivity contribution in [2.24, 2.45) is 17.8 Å². The van der Waals surface area contributed by atoms with Crippen molar-refractivity contribution in [1.29, 1.82) is 0 Å². The van der Waals surface area contributed by atoms with Crippen LogP contribution in [0.2, 0.25) is 0 Å². The summed E-state index contributed by atoms with van der Waals surface area (Å²) in [6, 6.07) is 14.5. The highest BCUT2D eigenvalue weighted by atomic mass is 19.4. The highest BCUT2D eigenvalue weighted by Crippen LogP contribution is 2.37. The number of rotatable bonds is 8. The van der Waals surface area contributed by atoms with E-state index in [0.29, 0.717) is 5.92 Å². The van der Waals surface area contributed by atoms with Gasteiger partial charge in [-0.1, -0.05) is 82.3 Å². The fourth-order valence-corrected chi connectivity index (χ4v) is 4.76. The van der Waals surface area contributed by atoms with Crippen LogP contribution in [0.4, 0.5) is 13.2 Å². The minimum atomic E-state index is -4.66. The zero-order chi connectivity index (χ0) is 21.6. The van der Waals surface area contributed by atoms with Crippen LogP contribution < -0.4 is 4.74 Å². The Morgan fingerprint density at radius 2 is 1.47 bits per heavy atom. The van der Waals surface area contributed by atoms with Crippen LogP contribution in [0.5, 0.6) is 5.75 Å². The maximum atomic E-state index is 12.3. The van der Waals surface area contributed by atoms with E-state index in [0.717, 1.165) is 29.4 Å². The molecule has 0 amide bonds. The van der Waals surface area contributed by atoms with Gasteiger partial charge in [0, 0.05) is 0 Å². The molecule has 164 valence electrons. The van der Waals surface area contributed by atoms with Gasteiger partial charge in [-0.2, -0.15) is 0 Å². The smallest absolute Gasteiger partial charge is 0.406 e. The van der Waals surface area contributed by atoms with Crippen LogP contribution in [0.3, 0.4) is 0 Å². The summed E-state index contributed by atoms with van der Waals surface area (Å²) in [5, 5.41) is 0. The largest absolute Gasteiger partial charge is 0.573 e. The lowest BCUT2D eigenvalue weighted by atomic mass is 9.73. The minimum absolute atomic E-state index is 0.193. The van der Waals surface area contributed by atoms with Crippen LogP contribution in [-0.4, -0.2) is 6.36 Å². The van der Waals surface area contributed by atoms with Gasteiger partial charge in [0.05, 0.1) is 0 Å². The van der Waals surface area contributed by atoms with E-state index in [1.165, 1.54) is 62.6 Å². The zero-order valence-electron chi connectivity index (χ0n) is 18.0. The van der Waals surface area contributed by atoms with Crippen LogP contribution in [0, 0.1) is 17.8 Å². The predicted molar refractivity (Wildman–Crippen MR) is 116 cm³/mol. The van der Waals surface area contributed by atoms with Crippen molar-refractivity contribution in [3.63, 3.8) is 0 Å². The number of ether oxygens (including phenoxy) is 1. The summed E-state index contributed by atoms with van der Waals surface area (Å²) >= 11 is 0. The third-order valence-corrected chi connectivity index (χ3v) is 6.59. The molecule has 0 bridgehead atoms. The predicted octanol–water partition coefficient (Wildman–Crippen LogP) is 8.43. The van der Waals surface area contributed by atoms with Crippen molar-refractivity contribution < 1.29 is 17.9 Å². The summed E-state index contributed by atoms with van der Waals surface area (Å²) in [5.74, 6) is 2.26. The monoisotopic (exact) mass is 418 g/mol. The molecule has 1 atom stereocenters. The van der Waals surface area contributed by atoms with Gasteiger partial charge in [-0.05, 0) is 65.8 Å². The third kappa shape index (κ3) is 6.78. The number of alkyl halides is 3. The molecule has 1 fully saturated rings. The first-order chi connectivity index (χ1) is 14.3. The van der Waals surface area contributed by atoms with E-state index in [9.17, 15) is 13.2 Å². The fraction of sp³-hybridized carbons (Fsp3) is 0.538. The second kappa shape index (κ2) is 10.4. The second-order valence-electron chi connectivity index (χ2n) is 8.87. The van der Waals surface area contributed by atoms with Crippen molar-refractivity contribution in [2.45, 2.75) is 71.6 Å². The summed E-state index contributed by atoms with van der Waals surface area (Å²) in [6.07, 6.45) is 6.01. The summed E-state index contributed by atoms with van der Waals surface area (Å²) in [5.41, 5.74) is 3.22. The third-order valence-electron chi connectivity index (χ3n) is 6.59. The first-order valence-electron chi connectivity index (χ1n) is 11.3.